The second-order valence-corrected chi connectivity index (χ2v) is 7.89. The predicted octanol–water partition coefficient (Wildman–Crippen LogP) is 2.22. The van der Waals surface area contributed by atoms with E-state index in [9.17, 15) is 8.42 Å². The SMILES string of the molecule is CCSC1CCCC1NS(=O)(=O)c1ccccc1N. The van der Waals surface area contributed by atoms with Crippen LogP contribution in [0.4, 0.5) is 5.69 Å². The average molecular weight is 300 g/mol. The fraction of sp³-hybridized carbons (Fsp3) is 0.538. The molecule has 0 bridgehead atoms. The molecule has 4 nitrogen and oxygen atoms in total. The van der Waals surface area contributed by atoms with Crippen LogP contribution < -0.4 is 10.5 Å². The summed E-state index contributed by atoms with van der Waals surface area (Å²) in [7, 11) is -3.51. The lowest BCUT2D eigenvalue weighted by Gasteiger charge is -2.20. The van der Waals surface area contributed by atoms with Crippen molar-refractivity contribution < 1.29 is 8.42 Å². The van der Waals surface area contributed by atoms with Gasteiger partial charge in [-0.05, 0) is 30.7 Å². The molecule has 6 heteroatoms. The highest BCUT2D eigenvalue weighted by atomic mass is 32.2. The van der Waals surface area contributed by atoms with Gasteiger partial charge in [-0.1, -0.05) is 25.5 Å². The fourth-order valence-electron chi connectivity index (χ4n) is 2.46. The molecule has 1 aromatic rings. The van der Waals surface area contributed by atoms with Crippen LogP contribution in [-0.2, 0) is 10.0 Å². The lowest BCUT2D eigenvalue weighted by molar-refractivity contribution is 0.555. The molecule has 3 N–H and O–H groups in total. The zero-order chi connectivity index (χ0) is 13.9. The molecule has 1 aliphatic carbocycles. The van der Waals surface area contributed by atoms with Gasteiger partial charge in [0, 0.05) is 11.3 Å². The number of benzene rings is 1. The van der Waals surface area contributed by atoms with Crippen molar-refractivity contribution in [2.24, 2.45) is 0 Å². The van der Waals surface area contributed by atoms with Crippen LogP contribution >= 0.6 is 11.8 Å². The molecule has 0 aliphatic heterocycles. The summed E-state index contributed by atoms with van der Waals surface area (Å²) in [5.41, 5.74) is 6.05. The Hall–Kier alpha value is -0.720. The van der Waals surface area contributed by atoms with Gasteiger partial charge in [-0.15, -0.1) is 0 Å². The largest absolute Gasteiger partial charge is 0.398 e. The average Bonchev–Trinajstić information content (AvgIpc) is 2.77. The molecular formula is C13H20N2O2S2. The second kappa shape index (κ2) is 6.15. The first kappa shape index (κ1) is 14.7. The van der Waals surface area contributed by atoms with Crippen molar-refractivity contribution in [2.45, 2.75) is 42.4 Å². The maximum atomic E-state index is 12.4. The van der Waals surface area contributed by atoms with Crippen LogP contribution in [0.1, 0.15) is 26.2 Å². The van der Waals surface area contributed by atoms with Crippen LogP contribution in [0.5, 0.6) is 0 Å². The van der Waals surface area contributed by atoms with Gasteiger partial charge in [0.1, 0.15) is 4.90 Å². The Labute approximate surface area is 119 Å². The van der Waals surface area contributed by atoms with Crippen LogP contribution in [0, 0.1) is 0 Å². The molecule has 2 unspecified atom stereocenters. The van der Waals surface area contributed by atoms with Gasteiger partial charge in [-0.2, -0.15) is 11.8 Å². The molecule has 0 amide bonds. The summed E-state index contributed by atoms with van der Waals surface area (Å²) in [6.45, 7) is 2.10. The molecule has 106 valence electrons. The Morgan fingerprint density at radius 2 is 2.11 bits per heavy atom. The van der Waals surface area contributed by atoms with Crippen molar-refractivity contribution in [3.8, 4) is 0 Å². The monoisotopic (exact) mass is 300 g/mol. The third-order valence-corrected chi connectivity index (χ3v) is 6.24. The van der Waals surface area contributed by atoms with Gasteiger partial charge in [0.25, 0.3) is 0 Å². The molecule has 0 aromatic heterocycles. The van der Waals surface area contributed by atoms with Crippen LogP contribution in [-0.4, -0.2) is 25.5 Å². The second-order valence-electron chi connectivity index (χ2n) is 4.69. The minimum atomic E-state index is -3.51. The lowest BCUT2D eigenvalue weighted by Crippen LogP contribution is -2.39. The van der Waals surface area contributed by atoms with Crippen molar-refractivity contribution in [1.82, 2.24) is 4.72 Å². The molecule has 0 saturated heterocycles. The van der Waals surface area contributed by atoms with E-state index in [1.54, 1.807) is 24.3 Å². The van der Waals surface area contributed by atoms with Crippen molar-refractivity contribution in [3.63, 3.8) is 0 Å². The number of nitrogens with two attached hydrogens (primary N) is 1. The van der Waals surface area contributed by atoms with Gasteiger partial charge >= 0.3 is 0 Å². The van der Waals surface area contributed by atoms with Crippen molar-refractivity contribution in [3.05, 3.63) is 24.3 Å². The Bertz CT molecular complexity index is 531. The van der Waals surface area contributed by atoms with Crippen molar-refractivity contribution in [1.29, 1.82) is 0 Å². The van der Waals surface area contributed by atoms with Crippen molar-refractivity contribution in [2.75, 3.05) is 11.5 Å². The number of anilines is 1. The van der Waals surface area contributed by atoms with Crippen LogP contribution in [0.25, 0.3) is 0 Å². The van der Waals surface area contributed by atoms with Crippen LogP contribution in [0.15, 0.2) is 29.2 Å². The third-order valence-electron chi connectivity index (χ3n) is 3.35. The van der Waals surface area contributed by atoms with Gasteiger partial charge in [0.2, 0.25) is 10.0 Å². The summed E-state index contributed by atoms with van der Waals surface area (Å²) in [5.74, 6) is 1.01. The molecule has 1 fully saturated rings. The maximum absolute atomic E-state index is 12.4. The zero-order valence-corrected chi connectivity index (χ0v) is 12.6. The number of hydrogen-bond donors (Lipinski definition) is 2. The predicted molar refractivity (Wildman–Crippen MR) is 80.7 cm³/mol. The normalized spacial score (nSPS) is 23.6. The first-order chi connectivity index (χ1) is 9.04. The molecule has 19 heavy (non-hydrogen) atoms. The third kappa shape index (κ3) is 3.43. The molecule has 1 aromatic carbocycles. The number of nitrogens with one attached hydrogen (secondary N) is 1. The maximum Gasteiger partial charge on any atom is 0.242 e. The molecule has 1 aliphatic rings. The fourth-order valence-corrected chi connectivity index (χ4v) is 5.19. The van der Waals surface area contributed by atoms with E-state index in [0.29, 0.717) is 10.9 Å². The zero-order valence-electron chi connectivity index (χ0n) is 11.0. The highest BCUT2D eigenvalue weighted by molar-refractivity contribution is 8.00. The first-order valence-corrected chi connectivity index (χ1v) is 9.06. The summed E-state index contributed by atoms with van der Waals surface area (Å²) in [6, 6.07) is 6.61. The van der Waals surface area contributed by atoms with E-state index < -0.39 is 10.0 Å². The first-order valence-electron chi connectivity index (χ1n) is 6.53. The lowest BCUT2D eigenvalue weighted by atomic mass is 10.3. The topological polar surface area (TPSA) is 72.2 Å². The molecular weight excluding hydrogens is 280 g/mol. The van der Waals surface area contributed by atoms with E-state index in [4.69, 9.17) is 5.73 Å². The highest BCUT2D eigenvalue weighted by Crippen LogP contribution is 2.31. The summed E-state index contributed by atoms with van der Waals surface area (Å²) < 4.78 is 27.5. The molecule has 0 heterocycles. The summed E-state index contributed by atoms with van der Waals surface area (Å²) >= 11 is 1.83. The molecule has 2 rings (SSSR count). The smallest absolute Gasteiger partial charge is 0.242 e. The number of nitrogen functional groups attached to an aromatic ring is 1. The van der Waals surface area contributed by atoms with Crippen LogP contribution in [0.2, 0.25) is 0 Å². The van der Waals surface area contributed by atoms with Crippen LogP contribution in [0.3, 0.4) is 0 Å². The van der Waals surface area contributed by atoms with Gasteiger partial charge in [-0.3, -0.25) is 0 Å². The molecule has 1 saturated carbocycles. The summed E-state index contributed by atoms with van der Waals surface area (Å²) in [6.07, 6.45) is 3.06. The number of hydrogen-bond acceptors (Lipinski definition) is 4. The van der Waals surface area contributed by atoms with E-state index in [-0.39, 0.29) is 10.9 Å². The quantitative estimate of drug-likeness (QED) is 0.818. The summed E-state index contributed by atoms with van der Waals surface area (Å²) in [4.78, 5) is 0.183. The molecule has 2 atom stereocenters. The Morgan fingerprint density at radius 1 is 1.37 bits per heavy atom. The van der Waals surface area contributed by atoms with E-state index in [1.165, 1.54) is 0 Å². The Balaban J connectivity index is 2.16. The van der Waals surface area contributed by atoms with E-state index in [2.05, 4.69) is 11.6 Å². The minimum absolute atomic E-state index is 0.0227. The number of rotatable bonds is 5. The highest BCUT2D eigenvalue weighted by Gasteiger charge is 2.31. The van der Waals surface area contributed by atoms with Gasteiger partial charge in [0.05, 0.1) is 5.69 Å². The Kier molecular flexibility index (Phi) is 4.76. The Morgan fingerprint density at radius 3 is 2.79 bits per heavy atom. The number of thioether (sulfide) groups is 1. The van der Waals surface area contributed by atoms with Gasteiger partial charge in [-0.25, -0.2) is 13.1 Å². The number of sulfonamides is 1. The molecule has 0 spiro atoms. The number of para-hydroxylation sites is 1. The molecule has 0 radical (unpaired) electrons. The minimum Gasteiger partial charge on any atom is -0.398 e. The van der Waals surface area contributed by atoms with E-state index in [1.807, 2.05) is 11.8 Å². The van der Waals surface area contributed by atoms with Crippen molar-refractivity contribution >= 4 is 27.5 Å². The van der Waals surface area contributed by atoms with Gasteiger partial charge in [0.15, 0.2) is 0 Å². The standard InChI is InChI=1S/C13H20N2O2S2/c1-2-18-12-8-5-7-11(12)15-19(16,17)13-9-4-3-6-10(13)14/h3-4,6,9,11-12,15H,2,5,7-8,14H2,1H3. The van der Waals surface area contributed by atoms with E-state index in [0.717, 1.165) is 25.0 Å². The van der Waals surface area contributed by atoms with E-state index >= 15 is 0 Å². The summed E-state index contributed by atoms with van der Waals surface area (Å²) in [5, 5.41) is 0.379. The van der Waals surface area contributed by atoms with Gasteiger partial charge < -0.3 is 5.73 Å².